The first-order valence-corrected chi connectivity index (χ1v) is 17.3. The van der Waals surface area contributed by atoms with E-state index in [1.807, 2.05) is 30.3 Å². The van der Waals surface area contributed by atoms with Crippen LogP contribution in [0.1, 0.15) is 0 Å². The van der Waals surface area contributed by atoms with Gasteiger partial charge in [-0.1, -0.05) is 133 Å². The topological polar surface area (TPSA) is 29.5 Å². The number of hydrogen-bond donors (Lipinski definition) is 0. The molecule has 0 atom stereocenters. The van der Waals surface area contributed by atoms with E-state index in [2.05, 4.69) is 163 Å². The Kier molecular flexibility index (Phi) is 6.81. The zero-order valence-corrected chi connectivity index (χ0v) is 27.7. The van der Waals surface area contributed by atoms with Crippen molar-refractivity contribution in [2.45, 2.75) is 0 Å². The number of para-hydroxylation sites is 2. The van der Waals surface area contributed by atoms with E-state index in [-0.39, 0.29) is 0 Å². The van der Waals surface area contributed by atoms with Crippen LogP contribution in [-0.4, -0.2) is 0 Å². The average Bonchev–Trinajstić information content (AvgIpc) is 3.78. The number of furan rings is 2. The quantitative estimate of drug-likeness (QED) is 0.179. The van der Waals surface area contributed by atoms with Gasteiger partial charge in [0.15, 0.2) is 0 Å². The van der Waals surface area contributed by atoms with E-state index >= 15 is 0 Å². The van der Waals surface area contributed by atoms with Crippen molar-refractivity contribution in [3.8, 4) is 33.4 Å². The average molecular weight is 654 g/mol. The van der Waals surface area contributed by atoms with Crippen molar-refractivity contribution in [3.63, 3.8) is 0 Å². The molecule has 3 nitrogen and oxygen atoms in total. The Morgan fingerprint density at radius 1 is 0.294 bits per heavy atom. The molecule has 240 valence electrons. The molecular formula is C48H31NO2. The summed E-state index contributed by atoms with van der Waals surface area (Å²) in [4.78, 5) is 2.34. The summed E-state index contributed by atoms with van der Waals surface area (Å²) in [6, 6.07) is 66.2. The van der Waals surface area contributed by atoms with E-state index in [0.29, 0.717) is 0 Å². The molecule has 0 unspecified atom stereocenters. The van der Waals surface area contributed by atoms with Gasteiger partial charge in [0.25, 0.3) is 0 Å². The van der Waals surface area contributed by atoms with Crippen LogP contribution in [0.3, 0.4) is 0 Å². The lowest BCUT2D eigenvalue weighted by atomic mass is 9.94. The van der Waals surface area contributed by atoms with Crippen LogP contribution >= 0.6 is 0 Å². The fourth-order valence-electron chi connectivity index (χ4n) is 7.57. The summed E-state index contributed by atoms with van der Waals surface area (Å²) in [6.07, 6.45) is 0. The minimum Gasteiger partial charge on any atom is -0.456 e. The molecule has 2 aromatic heterocycles. The molecule has 0 fully saturated rings. The van der Waals surface area contributed by atoms with E-state index in [4.69, 9.17) is 8.83 Å². The van der Waals surface area contributed by atoms with E-state index < -0.39 is 0 Å². The van der Waals surface area contributed by atoms with Crippen LogP contribution < -0.4 is 4.90 Å². The molecule has 0 aliphatic heterocycles. The van der Waals surface area contributed by atoms with Gasteiger partial charge in [-0.15, -0.1) is 0 Å². The molecule has 0 bridgehead atoms. The largest absolute Gasteiger partial charge is 0.456 e. The van der Waals surface area contributed by atoms with Crippen molar-refractivity contribution < 1.29 is 8.83 Å². The van der Waals surface area contributed by atoms with Crippen LogP contribution in [0.25, 0.3) is 77.3 Å². The second-order valence-electron chi connectivity index (χ2n) is 12.9. The van der Waals surface area contributed by atoms with Gasteiger partial charge in [0, 0.05) is 27.5 Å². The second-order valence-corrected chi connectivity index (χ2v) is 12.9. The van der Waals surface area contributed by atoms with Gasteiger partial charge in [-0.25, -0.2) is 0 Å². The zero-order chi connectivity index (χ0) is 33.7. The van der Waals surface area contributed by atoms with Crippen molar-refractivity contribution in [1.29, 1.82) is 0 Å². The predicted octanol–water partition coefficient (Wildman–Crippen LogP) is 14.0. The fourth-order valence-corrected chi connectivity index (χ4v) is 7.57. The van der Waals surface area contributed by atoms with E-state index in [1.54, 1.807) is 0 Å². The molecule has 0 N–H and O–H groups in total. The van der Waals surface area contributed by atoms with Gasteiger partial charge in [0.1, 0.15) is 22.3 Å². The molecule has 10 rings (SSSR count). The van der Waals surface area contributed by atoms with Gasteiger partial charge in [-0.05, 0) is 88.0 Å². The maximum absolute atomic E-state index is 6.36. The number of hydrogen-bond acceptors (Lipinski definition) is 3. The Labute approximate surface area is 295 Å². The number of fused-ring (bicyclic) bond motifs is 6. The monoisotopic (exact) mass is 653 g/mol. The number of rotatable bonds is 6. The standard InChI is InChI=1S/C48H31NO2/c1-2-12-32(13-3-1)37-14-4-5-15-38(37)33-24-28-35(29-25-33)49(42-19-11-23-46-48(42)41-17-7-9-21-44(41)51-46)36-30-26-34(27-31-36)39-18-10-22-45-47(39)40-16-6-8-20-43(40)50-45/h1-31H. The van der Waals surface area contributed by atoms with Crippen molar-refractivity contribution >= 4 is 60.9 Å². The summed E-state index contributed by atoms with van der Waals surface area (Å²) in [6.45, 7) is 0. The van der Waals surface area contributed by atoms with Crippen molar-refractivity contribution in [3.05, 3.63) is 188 Å². The van der Waals surface area contributed by atoms with E-state index in [9.17, 15) is 0 Å². The molecule has 0 radical (unpaired) electrons. The molecular weight excluding hydrogens is 623 g/mol. The smallest absolute Gasteiger partial charge is 0.137 e. The maximum Gasteiger partial charge on any atom is 0.137 e. The normalized spacial score (nSPS) is 11.5. The highest BCUT2D eigenvalue weighted by Crippen LogP contribution is 2.44. The number of nitrogens with zero attached hydrogens (tertiary/aromatic N) is 1. The van der Waals surface area contributed by atoms with Crippen LogP contribution in [-0.2, 0) is 0 Å². The van der Waals surface area contributed by atoms with E-state index in [1.165, 1.54) is 22.3 Å². The minimum atomic E-state index is 0.863. The Bertz CT molecular complexity index is 2840. The lowest BCUT2D eigenvalue weighted by molar-refractivity contribution is 0.668. The van der Waals surface area contributed by atoms with Crippen LogP contribution in [0, 0.1) is 0 Å². The van der Waals surface area contributed by atoms with E-state index in [0.717, 1.165) is 72.1 Å². The highest BCUT2D eigenvalue weighted by Gasteiger charge is 2.20. The van der Waals surface area contributed by atoms with Crippen molar-refractivity contribution in [1.82, 2.24) is 0 Å². The van der Waals surface area contributed by atoms with Crippen molar-refractivity contribution in [2.75, 3.05) is 4.90 Å². The maximum atomic E-state index is 6.36. The molecule has 10 aromatic rings. The Balaban J connectivity index is 1.12. The van der Waals surface area contributed by atoms with Gasteiger partial charge < -0.3 is 13.7 Å². The molecule has 0 amide bonds. The van der Waals surface area contributed by atoms with Crippen LogP contribution in [0.2, 0.25) is 0 Å². The third-order valence-electron chi connectivity index (χ3n) is 9.91. The van der Waals surface area contributed by atoms with Crippen LogP contribution in [0.4, 0.5) is 17.1 Å². The fraction of sp³-hybridized carbons (Fsp3) is 0. The van der Waals surface area contributed by atoms with Gasteiger partial charge in [0.05, 0.1) is 11.1 Å². The molecule has 0 aliphatic rings. The molecule has 0 spiro atoms. The zero-order valence-electron chi connectivity index (χ0n) is 27.7. The minimum absolute atomic E-state index is 0.863. The summed E-state index contributed by atoms with van der Waals surface area (Å²) in [5.74, 6) is 0. The lowest BCUT2D eigenvalue weighted by Gasteiger charge is -2.27. The number of benzene rings is 8. The molecule has 0 aliphatic carbocycles. The van der Waals surface area contributed by atoms with Crippen LogP contribution in [0.5, 0.6) is 0 Å². The van der Waals surface area contributed by atoms with Gasteiger partial charge in [-0.3, -0.25) is 0 Å². The molecule has 0 saturated carbocycles. The first kappa shape index (κ1) is 29.1. The summed E-state index contributed by atoms with van der Waals surface area (Å²) in [7, 11) is 0. The first-order valence-electron chi connectivity index (χ1n) is 17.3. The van der Waals surface area contributed by atoms with Gasteiger partial charge >= 0.3 is 0 Å². The highest BCUT2D eigenvalue weighted by atomic mass is 16.3. The summed E-state index contributed by atoms with van der Waals surface area (Å²) >= 11 is 0. The van der Waals surface area contributed by atoms with Crippen LogP contribution in [0.15, 0.2) is 197 Å². The third-order valence-corrected chi connectivity index (χ3v) is 9.91. The third kappa shape index (κ3) is 4.90. The highest BCUT2D eigenvalue weighted by molar-refractivity contribution is 6.14. The summed E-state index contributed by atoms with van der Waals surface area (Å²) in [5, 5.41) is 4.45. The summed E-state index contributed by atoms with van der Waals surface area (Å²) in [5.41, 5.74) is 13.8. The molecule has 0 saturated heterocycles. The molecule has 2 heterocycles. The van der Waals surface area contributed by atoms with Gasteiger partial charge in [-0.2, -0.15) is 0 Å². The number of anilines is 3. The molecule has 3 heteroatoms. The Morgan fingerprint density at radius 3 is 1.35 bits per heavy atom. The predicted molar refractivity (Wildman–Crippen MR) is 212 cm³/mol. The molecule has 51 heavy (non-hydrogen) atoms. The lowest BCUT2D eigenvalue weighted by Crippen LogP contribution is -2.10. The Morgan fingerprint density at radius 2 is 0.725 bits per heavy atom. The first-order chi connectivity index (χ1) is 25.3. The Hall–Kier alpha value is -6.84. The second kappa shape index (κ2) is 11.9. The van der Waals surface area contributed by atoms with Gasteiger partial charge in [0.2, 0.25) is 0 Å². The SMILES string of the molecule is c1ccc(-c2ccccc2-c2ccc(N(c3ccc(-c4cccc5oc6ccccc6c45)cc3)c3cccc4oc5ccccc5c34)cc2)cc1. The van der Waals surface area contributed by atoms with Crippen molar-refractivity contribution in [2.24, 2.45) is 0 Å². The summed E-state index contributed by atoms with van der Waals surface area (Å²) < 4.78 is 12.6. The molecule has 8 aromatic carbocycles.